The number of unbranched alkanes of at least 4 members (excludes halogenated alkanes) is 5. The quantitative estimate of drug-likeness (QED) is 0.429. The molecule has 0 N–H and O–H groups in total. The van der Waals surface area contributed by atoms with Crippen LogP contribution >= 0.6 is 0 Å². The molecular weight excluding hydrogens is 295 g/mol. The van der Waals surface area contributed by atoms with Gasteiger partial charge in [-0.2, -0.15) is 0 Å². The molecule has 0 saturated carbocycles. The monoisotopic (exact) mass is 322 g/mol. The van der Waals surface area contributed by atoms with Crippen molar-refractivity contribution in [2.45, 2.75) is 77.7 Å². The summed E-state index contributed by atoms with van der Waals surface area (Å²) in [5.41, 5.74) is 0. The first-order valence-electron chi connectivity index (χ1n) is 6.44. The van der Waals surface area contributed by atoms with Crippen LogP contribution in [0.4, 0.5) is 0 Å². The third-order valence-electron chi connectivity index (χ3n) is 2.74. The third kappa shape index (κ3) is 10.8. The number of hydrogen-bond acceptors (Lipinski definition) is 2. The van der Waals surface area contributed by atoms with Gasteiger partial charge in [-0.3, -0.25) is 0 Å². The summed E-state index contributed by atoms with van der Waals surface area (Å²) < 4.78 is 15.9. The molecule has 15 heavy (non-hydrogen) atoms. The summed E-state index contributed by atoms with van der Waals surface area (Å²) in [5, 5.41) is 0. The van der Waals surface area contributed by atoms with E-state index in [4.69, 9.17) is 3.07 Å². The fraction of sp³-hybridized carbons (Fsp3) is 1.00. The van der Waals surface area contributed by atoms with E-state index < -0.39 is 21.5 Å². The Morgan fingerprint density at radius 2 is 1.60 bits per heavy atom. The molecule has 0 heterocycles. The topological polar surface area (TPSA) is 26.3 Å². The molecule has 0 saturated heterocycles. The summed E-state index contributed by atoms with van der Waals surface area (Å²) in [7, 11) is 0. The molecule has 0 aliphatic carbocycles. The molecule has 90 valence electrons. The predicted molar refractivity (Wildman–Crippen MR) is 65.6 cm³/mol. The van der Waals surface area contributed by atoms with Crippen LogP contribution in [-0.4, -0.2) is 27.6 Å². The van der Waals surface area contributed by atoms with Gasteiger partial charge in [-0.25, -0.2) is 0 Å². The number of rotatable bonds is 11. The van der Waals surface area contributed by atoms with Gasteiger partial charge in [-0.1, -0.05) is 0 Å². The molecule has 0 fully saturated rings. The minimum absolute atomic E-state index is 0.305. The Kier molecular flexibility index (Phi) is 13.1. The standard InChI is InChI=1S/C12H25O.O.Sn.H/c1-3-5-6-7-8-9-11-12(13)10-4-2;;;/h12H,3-11H2,1-2H3;;;/q-1;;+1;. The molecular formula is C12H26O2Sn. The Labute approximate surface area is 105 Å². The van der Waals surface area contributed by atoms with Crippen LogP contribution in [0.25, 0.3) is 0 Å². The van der Waals surface area contributed by atoms with E-state index in [-0.39, 0.29) is 0 Å². The van der Waals surface area contributed by atoms with Gasteiger partial charge in [0.05, 0.1) is 0 Å². The molecule has 1 atom stereocenters. The van der Waals surface area contributed by atoms with E-state index in [2.05, 4.69) is 13.8 Å². The fourth-order valence-electron chi connectivity index (χ4n) is 1.83. The molecule has 0 rings (SSSR count). The van der Waals surface area contributed by atoms with Crippen LogP contribution < -0.4 is 0 Å². The van der Waals surface area contributed by atoms with E-state index in [1.54, 1.807) is 0 Å². The molecule has 0 aromatic heterocycles. The van der Waals surface area contributed by atoms with Crippen molar-refractivity contribution in [1.29, 1.82) is 0 Å². The first kappa shape index (κ1) is 15.6. The van der Waals surface area contributed by atoms with Gasteiger partial charge in [0, 0.05) is 0 Å². The van der Waals surface area contributed by atoms with Crippen molar-refractivity contribution in [3.63, 3.8) is 0 Å². The summed E-state index contributed by atoms with van der Waals surface area (Å²) in [6.07, 6.45) is 11.6. The van der Waals surface area contributed by atoms with Gasteiger partial charge in [-0.15, -0.1) is 0 Å². The van der Waals surface area contributed by atoms with Gasteiger partial charge in [0.2, 0.25) is 0 Å². The van der Waals surface area contributed by atoms with Crippen molar-refractivity contribution >= 4 is 21.5 Å². The second kappa shape index (κ2) is 12.6. The van der Waals surface area contributed by atoms with E-state index in [1.807, 2.05) is 0 Å². The molecule has 0 aromatic carbocycles. The van der Waals surface area contributed by atoms with Gasteiger partial charge in [-0.05, 0) is 0 Å². The second-order valence-corrected chi connectivity index (χ2v) is 5.53. The summed E-state index contributed by atoms with van der Waals surface area (Å²) >= 11 is -1.85. The van der Waals surface area contributed by atoms with E-state index in [0.29, 0.717) is 6.10 Å². The summed E-state index contributed by atoms with van der Waals surface area (Å²) in [6, 6.07) is 0. The van der Waals surface area contributed by atoms with E-state index in [9.17, 15) is 3.08 Å². The van der Waals surface area contributed by atoms with Crippen LogP contribution in [0.1, 0.15) is 71.6 Å². The van der Waals surface area contributed by atoms with Crippen molar-refractivity contribution in [2.75, 3.05) is 0 Å². The normalized spacial score (nSPS) is 12.7. The van der Waals surface area contributed by atoms with Crippen LogP contribution in [0.2, 0.25) is 0 Å². The van der Waals surface area contributed by atoms with Crippen molar-refractivity contribution in [3.8, 4) is 0 Å². The Morgan fingerprint density at radius 3 is 2.20 bits per heavy atom. The SMILES string of the molecule is CCCCCCCCC(CCC)[O][SnH]=[O]. The summed E-state index contributed by atoms with van der Waals surface area (Å²) in [5.74, 6) is 0. The summed E-state index contributed by atoms with van der Waals surface area (Å²) in [4.78, 5) is 0. The van der Waals surface area contributed by atoms with Gasteiger partial charge >= 0.3 is 105 Å². The zero-order valence-corrected chi connectivity index (χ0v) is 13.6. The maximum absolute atomic E-state index is 10.6. The molecule has 0 aliphatic rings. The van der Waals surface area contributed by atoms with Gasteiger partial charge in [0.25, 0.3) is 0 Å². The fourth-order valence-corrected chi connectivity index (χ4v) is 3.06. The van der Waals surface area contributed by atoms with Crippen molar-refractivity contribution in [3.05, 3.63) is 0 Å². The Balaban J connectivity index is 3.32. The number of hydrogen-bond donors (Lipinski definition) is 0. The molecule has 1 unspecified atom stereocenters. The van der Waals surface area contributed by atoms with E-state index in [0.717, 1.165) is 19.3 Å². The molecule has 0 amide bonds. The zero-order chi connectivity index (χ0) is 11.4. The molecule has 0 aliphatic heterocycles. The van der Waals surface area contributed by atoms with Gasteiger partial charge in [0.15, 0.2) is 0 Å². The Morgan fingerprint density at radius 1 is 0.933 bits per heavy atom. The average Bonchev–Trinajstić information content (AvgIpc) is 2.24. The zero-order valence-electron chi connectivity index (χ0n) is 10.3. The van der Waals surface area contributed by atoms with E-state index in [1.165, 1.54) is 38.5 Å². The van der Waals surface area contributed by atoms with Crippen LogP contribution in [0.3, 0.4) is 0 Å². The molecule has 0 bridgehead atoms. The van der Waals surface area contributed by atoms with Crippen molar-refractivity contribution in [2.24, 2.45) is 0 Å². The maximum atomic E-state index is 10.6. The third-order valence-corrected chi connectivity index (χ3v) is 4.15. The minimum atomic E-state index is -1.85. The van der Waals surface area contributed by atoms with Gasteiger partial charge < -0.3 is 0 Å². The Bertz CT molecular complexity index is 140. The second-order valence-electron chi connectivity index (χ2n) is 4.20. The first-order valence-corrected chi connectivity index (χ1v) is 9.13. The van der Waals surface area contributed by atoms with Crippen LogP contribution in [0.15, 0.2) is 0 Å². The van der Waals surface area contributed by atoms with Crippen LogP contribution in [0, 0.1) is 0 Å². The van der Waals surface area contributed by atoms with Crippen molar-refractivity contribution < 1.29 is 6.15 Å². The summed E-state index contributed by atoms with van der Waals surface area (Å²) in [6.45, 7) is 4.40. The van der Waals surface area contributed by atoms with Crippen LogP contribution in [-0.2, 0) is 6.15 Å². The van der Waals surface area contributed by atoms with Crippen LogP contribution in [0.5, 0.6) is 0 Å². The molecule has 0 spiro atoms. The predicted octanol–water partition coefficient (Wildman–Crippen LogP) is 3.62. The van der Waals surface area contributed by atoms with Crippen molar-refractivity contribution in [1.82, 2.24) is 0 Å². The van der Waals surface area contributed by atoms with E-state index >= 15 is 0 Å². The van der Waals surface area contributed by atoms with Gasteiger partial charge in [0.1, 0.15) is 0 Å². The first-order chi connectivity index (χ1) is 7.35. The molecule has 0 aromatic rings. The average molecular weight is 321 g/mol. The Hall–Kier alpha value is 0.559. The molecule has 3 heteroatoms. The molecule has 0 radical (unpaired) electrons. The molecule has 2 nitrogen and oxygen atoms in total.